The number of nitrogens with one attached hydrogen (secondary N) is 11. The Morgan fingerprint density at radius 1 is 0.376 bits per heavy atom. The van der Waals surface area contributed by atoms with Gasteiger partial charge in [-0.15, -0.1) is 0 Å². The first-order valence-corrected chi connectivity index (χ1v) is 54.6. The van der Waals surface area contributed by atoms with Crippen molar-refractivity contribution in [3.8, 4) is 17.2 Å². The number of benzene rings is 8. The summed E-state index contributed by atoms with van der Waals surface area (Å²) in [4.78, 5) is 75.7. The van der Waals surface area contributed by atoms with Gasteiger partial charge in [0.05, 0.1) is 121 Å². The average Bonchev–Trinajstić information content (AvgIpc) is 1.76. The molecule has 2 aliphatic carbocycles. The molecule has 36 nitrogen and oxygen atoms in total. The number of methoxy groups -OCH3 is 3. The lowest BCUT2D eigenvalue weighted by molar-refractivity contribution is 0.0934. The molecule has 0 saturated carbocycles. The number of fused-ring (bicyclic) bond motifs is 4. The number of aliphatic hydroxyl groups is 3. The molecule has 0 unspecified atom stereocenters. The summed E-state index contributed by atoms with van der Waals surface area (Å²) in [5, 5.41) is 57.9. The molecule has 5 aliphatic rings. The third kappa shape index (κ3) is 25.8. The number of ether oxygens (including phenoxy) is 3. The minimum Gasteiger partial charge on any atom is -0.496 e. The Bertz CT molecular complexity index is 7570. The molecule has 0 spiro atoms. The van der Waals surface area contributed by atoms with Crippen molar-refractivity contribution in [2.45, 2.75) is 188 Å². The Hall–Kier alpha value is -15.3. The zero-order chi connectivity index (χ0) is 106. The number of allylic oxidation sites excluding steroid dienone is 2. The molecule has 14 N–H and O–H groups in total. The summed E-state index contributed by atoms with van der Waals surface area (Å²) in [6, 6.07) is 56.9. The van der Waals surface area contributed by atoms with Crippen LogP contribution in [0.3, 0.4) is 0 Å². The predicted molar refractivity (Wildman–Crippen MR) is 589 cm³/mol. The number of hydrogen-bond acceptors (Lipinski definition) is 32. The number of amides is 2. The molecule has 3 aliphatic heterocycles. The van der Waals surface area contributed by atoms with E-state index in [2.05, 4.69) is 128 Å². The van der Waals surface area contributed by atoms with Gasteiger partial charge in [0.15, 0.2) is 29.5 Å². The summed E-state index contributed by atoms with van der Waals surface area (Å²) < 4.78 is 94.6. The largest absolute Gasteiger partial charge is 0.496 e. The molecule has 0 atom stereocenters. The lowest BCUT2D eigenvalue weighted by atomic mass is 10.0. The minimum atomic E-state index is -3.54. The molecule has 19 rings (SSSR count). The lowest BCUT2D eigenvalue weighted by Gasteiger charge is -2.31. The van der Waals surface area contributed by atoms with E-state index in [0.717, 1.165) is 175 Å². The first-order valence-electron chi connectivity index (χ1n) is 49.9. The van der Waals surface area contributed by atoms with Crippen LogP contribution in [0.5, 0.6) is 17.2 Å². The summed E-state index contributed by atoms with van der Waals surface area (Å²) in [5.74, 6) is 5.85. The van der Waals surface area contributed by atoms with Gasteiger partial charge in [-0.1, -0.05) is 66.8 Å². The Balaban J connectivity index is 0.000000142. The fraction of sp³-hybridized carbons (Fsp3) is 0.327. The van der Waals surface area contributed by atoms with Crippen molar-refractivity contribution < 1.29 is 64.4 Å². The van der Waals surface area contributed by atoms with Gasteiger partial charge in [-0.05, 0) is 235 Å². The summed E-state index contributed by atoms with van der Waals surface area (Å²) in [6.45, 7) is 22.5. The van der Waals surface area contributed by atoms with Gasteiger partial charge in [0.1, 0.15) is 57.6 Å². The van der Waals surface area contributed by atoms with Gasteiger partial charge < -0.3 is 102 Å². The van der Waals surface area contributed by atoms with E-state index in [1.807, 2.05) is 131 Å². The summed E-state index contributed by atoms with van der Waals surface area (Å²) >= 11 is 0. The van der Waals surface area contributed by atoms with E-state index in [1.54, 1.807) is 154 Å². The van der Waals surface area contributed by atoms with E-state index in [4.69, 9.17) is 29.2 Å². The van der Waals surface area contributed by atoms with E-state index in [0.29, 0.717) is 98.9 Å². The van der Waals surface area contributed by atoms with Gasteiger partial charge in [0.25, 0.3) is 11.8 Å². The minimum absolute atomic E-state index is 0.0720. The van der Waals surface area contributed by atoms with Crippen LogP contribution in [0.1, 0.15) is 162 Å². The maximum Gasteiger partial charge on any atom is 0.251 e. The van der Waals surface area contributed by atoms with Crippen LogP contribution in [0, 0.1) is 0 Å². The third-order valence-electron chi connectivity index (χ3n) is 25.9. The Morgan fingerprint density at radius 3 is 1.12 bits per heavy atom. The topological polar surface area (TPSA) is 478 Å². The van der Waals surface area contributed by atoms with Crippen molar-refractivity contribution in [3.63, 3.8) is 0 Å². The number of aromatic nitrogens is 10. The number of aliphatic hydroxyl groups excluding tert-OH is 3. The Labute approximate surface area is 868 Å². The number of H-pyrrole nitrogens is 2. The molecule has 149 heavy (non-hydrogen) atoms. The highest BCUT2D eigenvalue weighted by Gasteiger charge is 2.31. The number of piperidine rings is 3. The second-order valence-corrected chi connectivity index (χ2v) is 45.7. The normalized spacial score (nSPS) is 14.3. The number of aromatic amines is 2. The van der Waals surface area contributed by atoms with Crippen LogP contribution in [0.4, 0.5) is 98.0 Å². The molecule has 9 heterocycles. The van der Waals surface area contributed by atoms with Gasteiger partial charge in [-0.2, -0.15) is 24.9 Å². The van der Waals surface area contributed by atoms with E-state index in [1.165, 1.54) is 0 Å². The Morgan fingerprint density at radius 2 is 0.718 bits per heavy atom. The van der Waals surface area contributed by atoms with E-state index in [-0.39, 0.29) is 62.8 Å². The molecule has 39 heteroatoms. The smallest absolute Gasteiger partial charge is 0.251 e. The third-order valence-corrected chi connectivity index (χ3v) is 32.6. The molecule has 0 radical (unpaired) electrons. The lowest BCUT2D eigenvalue weighted by Crippen LogP contribution is -2.35. The molecule has 2 amide bonds. The molecule has 8 aromatic carbocycles. The van der Waals surface area contributed by atoms with Crippen LogP contribution in [0.15, 0.2) is 227 Å². The van der Waals surface area contributed by atoms with Crippen molar-refractivity contribution in [2.75, 3.05) is 113 Å². The molecule has 6 aromatic heterocycles. The fourth-order valence-corrected chi connectivity index (χ4v) is 21.2. The fourth-order valence-electron chi connectivity index (χ4n) is 17.6. The van der Waals surface area contributed by atoms with Crippen LogP contribution in [-0.2, 0) is 48.8 Å². The zero-order valence-electron chi connectivity index (χ0n) is 85.6. The monoisotopic (exact) mass is 2080 g/mol. The first-order chi connectivity index (χ1) is 71.5. The number of hydrogen-bond donors (Lipinski definition) is 14. The van der Waals surface area contributed by atoms with Crippen LogP contribution >= 0.6 is 0 Å². The number of carbonyl (C=O) groups excluding carboxylic acids is 2. The molecular formula is C110H128N22O14S3. The number of sulfone groups is 3. The summed E-state index contributed by atoms with van der Waals surface area (Å²) in [7, 11) is -5.66. The number of rotatable bonds is 32. The van der Waals surface area contributed by atoms with Crippen molar-refractivity contribution in [1.82, 2.24) is 60.5 Å². The van der Waals surface area contributed by atoms with Crippen molar-refractivity contribution >= 4 is 174 Å². The molecule has 780 valence electrons. The van der Waals surface area contributed by atoms with Crippen LogP contribution in [0.2, 0.25) is 0 Å². The molecule has 3 saturated heterocycles. The highest BCUT2D eigenvalue weighted by atomic mass is 32.2. The predicted octanol–water partition coefficient (Wildman–Crippen LogP) is 18.5. The van der Waals surface area contributed by atoms with Gasteiger partial charge in [0.2, 0.25) is 17.8 Å². The van der Waals surface area contributed by atoms with Crippen molar-refractivity contribution in [1.29, 1.82) is 0 Å². The molecule has 0 bridgehead atoms. The highest BCUT2D eigenvalue weighted by molar-refractivity contribution is 7.92. The first kappa shape index (κ1) is 106. The zero-order valence-corrected chi connectivity index (χ0v) is 88.0. The molecule has 3 fully saturated rings. The van der Waals surface area contributed by atoms with Crippen molar-refractivity contribution in [2.24, 2.45) is 0 Å². The van der Waals surface area contributed by atoms with E-state index < -0.39 is 45.3 Å². The second-order valence-electron chi connectivity index (χ2n) is 38.2. The van der Waals surface area contributed by atoms with Crippen molar-refractivity contribution in [3.05, 3.63) is 258 Å². The van der Waals surface area contributed by atoms with Gasteiger partial charge in [-0.25, -0.2) is 40.2 Å². The average molecular weight is 2080 g/mol. The number of para-hydroxylation sites is 3. The molecule has 14 aromatic rings. The quantitative estimate of drug-likeness (QED) is 0.0186. The van der Waals surface area contributed by atoms with E-state index >= 15 is 0 Å². The van der Waals surface area contributed by atoms with Gasteiger partial charge >= 0.3 is 0 Å². The number of carbonyl (C=O) groups is 2. The second kappa shape index (κ2) is 47.3. The molecular weight excluding hydrogens is 1950 g/mol. The van der Waals surface area contributed by atoms with Gasteiger partial charge in [-0.3, -0.25) is 9.59 Å². The SMILES string of the molecule is CC(C)S(=O)(=O)c1ccccc1Nc1nc2c(c(Nc3ccccc3S(=O)(=O)C(C)C)n1)C=CC2.COc1cc(N2CCC(O)CC2)ccc1Cc1nc2c(c(Nc3ccc(C(=O)NC(C)C)cc3)n1)C=CC2.COc1cc(N2CCC(O)CC2)ccc1Nc1nc(Nc2ccc(C(=O)NC(C)C)cc2)c2cc[nH]c2n1.COc1cc(N2CCC(O)CC2)ccc1Nc1nc(Nc2ccccc2S(=O)(=O)C(C)C)c2cc[nH]c2n1. The summed E-state index contributed by atoms with van der Waals surface area (Å²) in [5.41, 5.74) is 14.5. The standard InChI is InChI=1S/C30H35N5O3.C28H33N7O3.C27H32N6O4S.C25H28N4O4S2/c1-19(2)31-30(37)20-7-10-22(11-8-20)32-29-25-5-4-6-26(25)33-28(34-29)17-21-9-12-23(18-27(21)38-3)35-15-13-24(36)14-16-35;1-17(2)30-27(37)18-4-6-19(7-5-18)31-26-22-10-13-29-25(22)33-28(34-26)32-23-9-8-20(16-24(23)38-3)35-14-11-21(36)12-15-35;1-17(2)38(35,36)24-7-5-4-6-22(24)29-26-20-10-13-28-25(20)31-27(32-26)30-21-9-8-18(16-23(21)37-3)33-14-11-19(34)12-15-33;1-16(2)34(30,31)22-14-7-5-11-20(22)26-24-18-10-9-13-19(18)27-25(29-24)28-21-12-6-8-15-23(21)35(32,33)17(3)4/h4-5,7-12,18-19,24,36H,6,13-17H2,1-3H3,(H,31,37)(H,32,33,34);4-10,13,16-17,21,36H,11-12,14-15H2,1-3H3,(H,30,37)(H3,29,31,32,33,34);4-10,13,16-17,19,34H,11-12,14-15H2,1-3H3,(H3,28,29,30,31,32);5-12,14-17H,13H2,1-4H3,(H2,26,27,28,29). The van der Waals surface area contributed by atoms with Crippen LogP contribution < -0.4 is 76.8 Å². The summed E-state index contributed by atoms with van der Waals surface area (Å²) in [6.07, 6.45) is 17.3. The number of nitrogens with zero attached hydrogens (tertiary/aromatic N) is 11. The maximum absolute atomic E-state index is 13.0. The van der Waals surface area contributed by atoms with Gasteiger partial charge in [0, 0.05) is 157 Å². The van der Waals surface area contributed by atoms with Crippen LogP contribution in [0.25, 0.3) is 34.2 Å². The maximum atomic E-state index is 13.0. The van der Waals surface area contributed by atoms with E-state index in [9.17, 15) is 50.2 Å². The number of anilines is 17. The van der Waals surface area contributed by atoms with Crippen LogP contribution in [-0.4, -0.2) is 209 Å². The Kier molecular flexibility index (Phi) is 33.8. The highest BCUT2D eigenvalue weighted by Crippen LogP contribution is 2.42.